The maximum atomic E-state index is 12.7. The lowest BCUT2D eigenvalue weighted by Gasteiger charge is -2.39. The topological polar surface area (TPSA) is 88.5 Å². The van der Waals surface area contributed by atoms with Crippen LogP contribution in [0.15, 0.2) is 48.8 Å². The van der Waals surface area contributed by atoms with Crippen LogP contribution in [0, 0.1) is 5.92 Å². The van der Waals surface area contributed by atoms with Gasteiger partial charge in [0.1, 0.15) is 12.4 Å². The maximum Gasteiger partial charge on any atom is 0.308 e. The zero-order valence-electron chi connectivity index (χ0n) is 15.4. The molecule has 1 aromatic carbocycles. The van der Waals surface area contributed by atoms with E-state index < -0.39 is 17.4 Å². The van der Waals surface area contributed by atoms with Crippen LogP contribution in [0.2, 0.25) is 0 Å². The third-order valence-electron chi connectivity index (χ3n) is 5.13. The number of nitrogens with one attached hydrogen (secondary N) is 1. The van der Waals surface area contributed by atoms with Crippen molar-refractivity contribution in [3.8, 4) is 5.75 Å². The maximum absolute atomic E-state index is 12.7. The predicted octanol–water partition coefficient (Wildman–Crippen LogP) is 3.42. The highest BCUT2D eigenvalue weighted by Crippen LogP contribution is 2.34. The number of amides is 1. The predicted molar refractivity (Wildman–Crippen MR) is 100 cm³/mol. The van der Waals surface area contributed by atoms with E-state index in [-0.39, 0.29) is 5.91 Å². The van der Waals surface area contributed by atoms with Crippen LogP contribution in [0.5, 0.6) is 5.75 Å². The number of nitrogens with zero attached hydrogens (tertiary/aromatic N) is 1. The summed E-state index contributed by atoms with van der Waals surface area (Å²) in [6, 6.07) is 10.7. The first-order chi connectivity index (χ1) is 13.0. The van der Waals surface area contributed by atoms with Gasteiger partial charge in [-0.05, 0) is 44.0 Å². The minimum absolute atomic E-state index is 0.280. The molecule has 1 fully saturated rings. The summed E-state index contributed by atoms with van der Waals surface area (Å²) < 4.78 is 5.74. The number of hydrogen-bond acceptors (Lipinski definition) is 4. The zero-order valence-corrected chi connectivity index (χ0v) is 15.4. The molecule has 0 bridgehead atoms. The molecular weight excluding hydrogens is 344 g/mol. The van der Waals surface area contributed by atoms with Gasteiger partial charge in [0, 0.05) is 23.5 Å². The Morgan fingerprint density at radius 1 is 1.30 bits per heavy atom. The van der Waals surface area contributed by atoms with Crippen LogP contribution in [0.4, 0.5) is 0 Å². The number of pyridine rings is 1. The number of carboxylic acids is 1. The van der Waals surface area contributed by atoms with Gasteiger partial charge in [-0.1, -0.05) is 25.0 Å². The van der Waals surface area contributed by atoms with Gasteiger partial charge < -0.3 is 15.2 Å². The van der Waals surface area contributed by atoms with Crippen molar-refractivity contribution in [2.24, 2.45) is 5.92 Å². The molecule has 27 heavy (non-hydrogen) atoms. The summed E-state index contributed by atoms with van der Waals surface area (Å²) in [4.78, 5) is 28.4. The average Bonchev–Trinajstić information content (AvgIpc) is 2.67. The Bertz CT molecular complexity index is 809. The second-order valence-corrected chi connectivity index (χ2v) is 7.19. The molecule has 0 aliphatic heterocycles. The molecule has 0 spiro atoms. The van der Waals surface area contributed by atoms with E-state index in [1.807, 2.05) is 19.1 Å². The summed E-state index contributed by atoms with van der Waals surface area (Å²) in [6.45, 7) is 2.18. The Hall–Kier alpha value is -2.89. The number of carbonyl (C=O) groups is 2. The van der Waals surface area contributed by atoms with Crippen molar-refractivity contribution >= 4 is 11.9 Å². The lowest BCUT2D eigenvalue weighted by Crippen LogP contribution is -2.55. The molecule has 1 aromatic heterocycles. The number of carbonyl (C=O) groups excluding carboxylic acids is 1. The van der Waals surface area contributed by atoms with Crippen LogP contribution in [0.25, 0.3) is 0 Å². The van der Waals surface area contributed by atoms with Gasteiger partial charge in [-0.3, -0.25) is 14.6 Å². The molecule has 2 aromatic rings. The van der Waals surface area contributed by atoms with Gasteiger partial charge in [0.25, 0.3) is 5.91 Å². The number of ether oxygens (including phenoxy) is 1. The SMILES string of the molecule is CC1(NC(=O)c2cccc(OCc3cccnc3)c2)CCCCC1C(=O)O. The van der Waals surface area contributed by atoms with Crippen LogP contribution in [-0.2, 0) is 11.4 Å². The number of aromatic nitrogens is 1. The molecule has 1 aliphatic carbocycles. The summed E-state index contributed by atoms with van der Waals surface area (Å²) in [7, 11) is 0. The van der Waals surface area contributed by atoms with Crippen LogP contribution >= 0.6 is 0 Å². The number of carboxylic acid groups (broad SMARTS) is 1. The second kappa shape index (κ2) is 8.20. The third-order valence-corrected chi connectivity index (χ3v) is 5.13. The van der Waals surface area contributed by atoms with E-state index >= 15 is 0 Å². The molecule has 3 rings (SSSR count). The minimum Gasteiger partial charge on any atom is -0.489 e. The van der Waals surface area contributed by atoms with Crippen LogP contribution < -0.4 is 10.1 Å². The molecule has 1 amide bonds. The molecule has 2 unspecified atom stereocenters. The highest BCUT2D eigenvalue weighted by Gasteiger charge is 2.42. The lowest BCUT2D eigenvalue weighted by atomic mass is 9.73. The van der Waals surface area contributed by atoms with Gasteiger partial charge in [-0.25, -0.2) is 0 Å². The molecule has 2 atom stereocenters. The smallest absolute Gasteiger partial charge is 0.308 e. The molecule has 1 aliphatic rings. The average molecular weight is 368 g/mol. The summed E-state index contributed by atoms with van der Waals surface area (Å²) in [5, 5.41) is 12.5. The first-order valence-electron chi connectivity index (χ1n) is 9.15. The Labute approximate surface area is 158 Å². The van der Waals surface area contributed by atoms with Gasteiger partial charge in [0.15, 0.2) is 0 Å². The van der Waals surface area contributed by atoms with Crippen molar-refractivity contribution in [1.29, 1.82) is 0 Å². The fraction of sp³-hybridized carbons (Fsp3) is 0.381. The third kappa shape index (κ3) is 4.64. The highest BCUT2D eigenvalue weighted by atomic mass is 16.5. The summed E-state index contributed by atoms with van der Waals surface area (Å²) >= 11 is 0. The fourth-order valence-electron chi connectivity index (χ4n) is 3.59. The van der Waals surface area contributed by atoms with Gasteiger partial charge >= 0.3 is 5.97 Å². The monoisotopic (exact) mass is 368 g/mol. The molecule has 2 N–H and O–H groups in total. The summed E-state index contributed by atoms with van der Waals surface area (Å²) in [6.07, 6.45) is 6.46. The van der Waals surface area contributed by atoms with Crippen LogP contribution in [0.1, 0.15) is 48.5 Å². The van der Waals surface area contributed by atoms with Crippen molar-refractivity contribution in [2.75, 3.05) is 0 Å². The quantitative estimate of drug-likeness (QED) is 0.815. The van der Waals surface area contributed by atoms with Crippen molar-refractivity contribution in [3.63, 3.8) is 0 Å². The molecule has 142 valence electrons. The van der Waals surface area contributed by atoms with Crippen molar-refractivity contribution in [2.45, 2.75) is 44.8 Å². The van der Waals surface area contributed by atoms with Crippen molar-refractivity contribution in [1.82, 2.24) is 10.3 Å². The summed E-state index contributed by atoms with van der Waals surface area (Å²) in [5.41, 5.74) is 0.647. The molecule has 6 nitrogen and oxygen atoms in total. The Kier molecular flexibility index (Phi) is 5.74. The number of aliphatic carboxylic acids is 1. The van der Waals surface area contributed by atoms with E-state index in [1.54, 1.807) is 36.7 Å². The molecule has 1 saturated carbocycles. The molecule has 0 radical (unpaired) electrons. The minimum atomic E-state index is -0.856. The largest absolute Gasteiger partial charge is 0.489 e. The second-order valence-electron chi connectivity index (χ2n) is 7.19. The van der Waals surface area contributed by atoms with Gasteiger partial charge in [-0.2, -0.15) is 0 Å². The van der Waals surface area contributed by atoms with E-state index in [9.17, 15) is 14.7 Å². The number of hydrogen-bond donors (Lipinski definition) is 2. The van der Waals surface area contributed by atoms with Gasteiger partial charge in [0.05, 0.1) is 11.5 Å². The molecule has 6 heteroatoms. The molecule has 0 saturated heterocycles. The normalized spacial score (nSPS) is 22.0. The first-order valence-corrected chi connectivity index (χ1v) is 9.15. The van der Waals surface area contributed by atoms with Crippen LogP contribution in [0.3, 0.4) is 0 Å². The number of rotatable bonds is 6. The van der Waals surface area contributed by atoms with Crippen molar-refractivity contribution < 1.29 is 19.4 Å². The summed E-state index contributed by atoms with van der Waals surface area (Å²) in [5.74, 6) is -1.13. The van der Waals surface area contributed by atoms with E-state index in [4.69, 9.17) is 4.74 Å². The molecular formula is C21H24N2O4. The van der Waals surface area contributed by atoms with Gasteiger partial charge in [-0.15, -0.1) is 0 Å². The zero-order chi connectivity index (χ0) is 19.3. The fourth-order valence-corrected chi connectivity index (χ4v) is 3.59. The highest BCUT2D eigenvalue weighted by molar-refractivity contribution is 5.95. The lowest BCUT2D eigenvalue weighted by molar-refractivity contribution is -0.145. The van der Waals surface area contributed by atoms with E-state index in [2.05, 4.69) is 10.3 Å². The van der Waals surface area contributed by atoms with Gasteiger partial charge in [0.2, 0.25) is 0 Å². The Balaban J connectivity index is 1.68. The Morgan fingerprint density at radius 2 is 2.15 bits per heavy atom. The van der Waals surface area contributed by atoms with E-state index in [0.717, 1.165) is 18.4 Å². The Morgan fingerprint density at radius 3 is 2.89 bits per heavy atom. The van der Waals surface area contributed by atoms with E-state index in [1.165, 1.54) is 0 Å². The number of benzene rings is 1. The van der Waals surface area contributed by atoms with Crippen molar-refractivity contribution in [3.05, 3.63) is 59.9 Å². The van der Waals surface area contributed by atoms with E-state index in [0.29, 0.717) is 30.8 Å². The van der Waals surface area contributed by atoms with Crippen LogP contribution in [-0.4, -0.2) is 27.5 Å². The molecule has 1 heterocycles. The standard InChI is InChI=1S/C21H24N2O4/c1-21(10-3-2-9-18(21)20(25)26)23-19(24)16-7-4-8-17(12-16)27-14-15-6-5-11-22-13-15/h4-8,11-13,18H,2-3,9-10,14H2,1H3,(H,23,24)(H,25,26). The first kappa shape index (κ1) is 18.9.